The first-order chi connectivity index (χ1) is 12.5. The average Bonchev–Trinajstić information content (AvgIpc) is 3.00. The Kier molecular flexibility index (Phi) is 5.12. The number of fused-ring (bicyclic) bond motifs is 1. The molecule has 1 N–H and O–H groups in total. The van der Waals surface area contributed by atoms with Gasteiger partial charge in [0, 0.05) is 29.6 Å². The zero-order chi connectivity index (χ0) is 18.7. The van der Waals surface area contributed by atoms with Gasteiger partial charge in [0.25, 0.3) is 0 Å². The molecular formula is C22H23NO3. The molecule has 0 aliphatic rings. The van der Waals surface area contributed by atoms with E-state index in [0.717, 1.165) is 33.2 Å². The van der Waals surface area contributed by atoms with Crippen molar-refractivity contribution in [3.63, 3.8) is 0 Å². The number of amides is 1. The first-order valence-electron chi connectivity index (χ1n) is 8.56. The van der Waals surface area contributed by atoms with Gasteiger partial charge in [0.2, 0.25) is 5.91 Å². The maximum Gasteiger partial charge on any atom is 0.244 e. The summed E-state index contributed by atoms with van der Waals surface area (Å²) in [6.45, 7) is 6.44. The Morgan fingerprint density at radius 2 is 1.92 bits per heavy atom. The summed E-state index contributed by atoms with van der Waals surface area (Å²) in [4.78, 5) is 12.3. The monoisotopic (exact) mass is 349 g/mol. The molecule has 0 spiro atoms. The molecule has 0 bridgehead atoms. The first kappa shape index (κ1) is 17.8. The number of nitrogens with one attached hydrogen (secondary N) is 1. The summed E-state index contributed by atoms with van der Waals surface area (Å²) in [5.74, 6) is 0.557. The Hall–Kier alpha value is -3.01. The summed E-state index contributed by atoms with van der Waals surface area (Å²) in [6, 6.07) is 12.0. The third-order valence-corrected chi connectivity index (χ3v) is 4.45. The topological polar surface area (TPSA) is 51.5 Å². The van der Waals surface area contributed by atoms with E-state index in [9.17, 15) is 4.79 Å². The number of hydrogen-bond donors (Lipinski definition) is 1. The SMILES string of the molecule is COc1cc2occ(C)c2cc1/C(C)=C/C(=O)NCc1ccc(C)cc1. The highest BCUT2D eigenvalue weighted by Gasteiger charge is 2.12. The lowest BCUT2D eigenvalue weighted by atomic mass is 10.0. The van der Waals surface area contributed by atoms with Crippen molar-refractivity contribution in [3.8, 4) is 5.75 Å². The summed E-state index contributed by atoms with van der Waals surface area (Å²) in [6.07, 6.45) is 3.33. The quantitative estimate of drug-likeness (QED) is 0.675. The molecule has 1 heterocycles. The van der Waals surface area contributed by atoms with Gasteiger partial charge in [-0.15, -0.1) is 0 Å². The van der Waals surface area contributed by atoms with E-state index in [0.29, 0.717) is 12.3 Å². The Morgan fingerprint density at radius 1 is 1.19 bits per heavy atom. The molecule has 3 rings (SSSR count). The van der Waals surface area contributed by atoms with E-state index in [1.165, 1.54) is 5.56 Å². The predicted octanol–water partition coefficient (Wildman–Crippen LogP) is 4.78. The van der Waals surface area contributed by atoms with Crippen molar-refractivity contribution in [2.24, 2.45) is 0 Å². The molecule has 4 heteroatoms. The van der Waals surface area contributed by atoms with Crippen LogP contribution in [-0.4, -0.2) is 13.0 Å². The Labute approximate surface area is 153 Å². The van der Waals surface area contributed by atoms with Crippen LogP contribution < -0.4 is 10.1 Å². The molecule has 1 amide bonds. The van der Waals surface area contributed by atoms with Crippen molar-refractivity contribution >= 4 is 22.4 Å². The van der Waals surface area contributed by atoms with Crippen LogP contribution in [0.4, 0.5) is 0 Å². The van der Waals surface area contributed by atoms with Gasteiger partial charge in [-0.1, -0.05) is 29.8 Å². The van der Waals surface area contributed by atoms with Crippen LogP contribution in [0.1, 0.15) is 29.2 Å². The van der Waals surface area contributed by atoms with Crippen LogP contribution in [0.2, 0.25) is 0 Å². The van der Waals surface area contributed by atoms with E-state index < -0.39 is 0 Å². The Morgan fingerprint density at radius 3 is 2.62 bits per heavy atom. The average molecular weight is 349 g/mol. The number of benzene rings is 2. The third-order valence-electron chi connectivity index (χ3n) is 4.45. The number of rotatable bonds is 5. The van der Waals surface area contributed by atoms with E-state index in [2.05, 4.69) is 5.32 Å². The van der Waals surface area contributed by atoms with Gasteiger partial charge >= 0.3 is 0 Å². The van der Waals surface area contributed by atoms with Crippen LogP contribution in [-0.2, 0) is 11.3 Å². The van der Waals surface area contributed by atoms with Crippen LogP contribution in [0.15, 0.2) is 53.2 Å². The lowest BCUT2D eigenvalue weighted by Gasteiger charge is -2.10. The van der Waals surface area contributed by atoms with E-state index in [-0.39, 0.29) is 5.91 Å². The molecule has 0 radical (unpaired) electrons. The molecule has 3 aromatic rings. The lowest BCUT2D eigenvalue weighted by Crippen LogP contribution is -2.20. The summed E-state index contributed by atoms with van der Waals surface area (Å²) < 4.78 is 11.0. The molecule has 0 aliphatic heterocycles. The Bertz CT molecular complexity index is 965. The molecular weight excluding hydrogens is 326 g/mol. The van der Waals surface area contributed by atoms with Crippen molar-refractivity contribution in [2.75, 3.05) is 7.11 Å². The minimum absolute atomic E-state index is 0.130. The number of allylic oxidation sites excluding steroid dienone is 1. The molecule has 1 aromatic heterocycles. The molecule has 0 aliphatic carbocycles. The van der Waals surface area contributed by atoms with Gasteiger partial charge in [-0.2, -0.15) is 0 Å². The molecule has 4 nitrogen and oxygen atoms in total. The van der Waals surface area contributed by atoms with E-state index in [1.54, 1.807) is 19.4 Å². The largest absolute Gasteiger partial charge is 0.496 e. The zero-order valence-corrected chi connectivity index (χ0v) is 15.6. The van der Waals surface area contributed by atoms with Gasteiger partial charge in [0.05, 0.1) is 13.4 Å². The minimum Gasteiger partial charge on any atom is -0.496 e. The number of aryl methyl sites for hydroxylation is 2. The normalized spacial score (nSPS) is 11.6. The van der Waals surface area contributed by atoms with Gasteiger partial charge in [0.1, 0.15) is 11.3 Å². The summed E-state index contributed by atoms with van der Waals surface area (Å²) in [5.41, 5.74) is 5.83. The highest BCUT2D eigenvalue weighted by Crippen LogP contribution is 2.33. The van der Waals surface area contributed by atoms with Gasteiger partial charge in [0.15, 0.2) is 0 Å². The summed E-state index contributed by atoms with van der Waals surface area (Å²) in [5, 5.41) is 3.95. The maximum absolute atomic E-state index is 12.3. The fourth-order valence-corrected chi connectivity index (χ4v) is 2.88. The summed E-state index contributed by atoms with van der Waals surface area (Å²) >= 11 is 0. The highest BCUT2D eigenvalue weighted by atomic mass is 16.5. The number of ether oxygens (including phenoxy) is 1. The van der Waals surface area contributed by atoms with Crippen LogP contribution in [0.5, 0.6) is 5.75 Å². The second-order valence-electron chi connectivity index (χ2n) is 6.50. The fourth-order valence-electron chi connectivity index (χ4n) is 2.88. The van der Waals surface area contributed by atoms with Crippen molar-refractivity contribution in [1.82, 2.24) is 5.32 Å². The van der Waals surface area contributed by atoms with Crippen LogP contribution >= 0.6 is 0 Å². The maximum atomic E-state index is 12.3. The zero-order valence-electron chi connectivity index (χ0n) is 15.6. The number of carbonyl (C=O) groups excluding carboxylic acids is 1. The Balaban J connectivity index is 1.79. The van der Waals surface area contributed by atoms with Crippen LogP contribution in [0.3, 0.4) is 0 Å². The van der Waals surface area contributed by atoms with Gasteiger partial charge < -0.3 is 14.5 Å². The fraction of sp³-hybridized carbons (Fsp3) is 0.227. The highest BCUT2D eigenvalue weighted by molar-refractivity contribution is 5.97. The molecule has 0 saturated heterocycles. The lowest BCUT2D eigenvalue weighted by molar-refractivity contribution is -0.116. The predicted molar refractivity (Wildman–Crippen MR) is 104 cm³/mol. The summed E-state index contributed by atoms with van der Waals surface area (Å²) in [7, 11) is 1.62. The van der Waals surface area contributed by atoms with Crippen molar-refractivity contribution in [3.05, 3.63) is 71.0 Å². The number of carbonyl (C=O) groups is 1. The number of furan rings is 1. The second kappa shape index (κ2) is 7.48. The van der Waals surface area contributed by atoms with Crippen molar-refractivity contribution < 1.29 is 13.9 Å². The van der Waals surface area contributed by atoms with Gasteiger partial charge in [-0.3, -0.25) is 4.79 Å². The molecule has 2 aromatic carbocycles. The minimum atomic E-state index is -0.130. The van der Waals surface area contributed by atoms with E-state index in [1.807, 2.05) is 57.2 Å². The van der Waals surface area contributed by atoms with Crippen molar-refractivity contribution in [2.45, 2.75) is 27.3 Å². The molecule has 0 fully saturated rings. The first-order valence-corrected chi connectivity index (χ1v) is 8.56. The standard InChI is InChI=1S/C22H23NO3/c1-14-5-7-17(8-6-14)12-23-22(24)9-15(2)18-10-19-16(3)13-26-21(19)11-20(18)25-4/h5-11,13H,12H2,1-4H3,(H,23,24)/b15-9+. The van der Waals surface area contributed by atoms with Gasteiger partial charge in [-0.25, -0.2) is 0 Å². The van der Waals surface area contributed by atoms with Gasteiger partial charge in [-0.05, 0) is 43.5 Å². The van der Waals surface area contributed by atoms with Crippen molar-refractivity contribution in [1.29, 1.82) is 0 Å². The second-order valence-corrected chi connectivity index (χ2v) is 6.50. The molecule has 0 saturated carbocycles. The molecule has 134 valence electrons. The molecule has 26 heavy (non-hydrogen) atoms. The molecule has 0 atom stereocenters. The van der Waals surface area contributed by atoms with E-state index in [4.69, 9.17) is 9.15 Å². The molecule has 0 unspecified atom stereocenters. The van der Waals surface area contributed by atoms with Crippen LogP contribution in [0, 0.1) is 13.8 Å². The number of hydrogen-bond acceptors (Lipinski definition) is 3. The third kappa shape index (κ3) is 3.80. The smallest absolute Gasteiger partial charge is 0.244 e. The number of methoxy groups -OCH3 is 1. The van der Waals surface area contributed by atoms with E-state index >= 15 is 0 Å². The van der Waals surface area contributed by atoms with Crippen LogP contribution in [0.25, 0.3) is 16.5 Å².